The van der Waals surface area contributed by atoms with Crippen LogP contribution < -0.4 is 28.7 Å². The number of carbonyl (C=O) groups excluding carboxylic acids is 2. The Labute approximate surface area is 529 Å². The highest BCUT2D eigenvalue weighted by atomic mass is 35.5. The van der Waals surface area contributed by atoms with Gasteiger partial charge in [0.2, 0.25) is 20.0 Å². The van der Waals surface area contributed by atoms with Crippen molar-refractivity contribution in [3.8, 4) is 80.3 Å². The van der Waals surface area contributed by atoms with Crippen molar-refractivity contribution in [2.24, 2.45) is 0 Å². The average Bonchev–Trinajstić information content (AvgIpc) is 1.58. The Morgan fingerprint density at radius 2 is 1.03 bits per heavy atom. The Balaban J connectivity index is 0.000000147. The Morgan fingerprint density at radius 3 is 1.50 bits per heavy atom. The molecule has 8 heterocycles. The molecule has 6 aromatic heterocycles. The van der Waals surface area contributed by atoms with Gasteiger partial charge in [0.25, 0.3) is 11.8 Å². The number of fused-ring (bicyclic) bond motifs is 12. The number of aromatic nitrogens is 4. The van der Waals surface area contributed by atoms with Gasteiger partial charge in [-0.15, -0.1) is 0 Å². The number of furan rings is 2. The fourth-order valence-corrected chi connectivity index (χ4v) is 12.3. The van der Waals surface area contributed by atoms with Gasteiger partial charge in [-0.25, -0.2) is 35.6 Å². The molecule has 12 aromatic rings. The van der Waals surface area contributed by atoms with E-state index in [4.69, 9.17) is 40.2 Å². The highest BCUT2D eigenvalue weighted by molar-refractivity contribution is 7.92. The number of rotatable bonds is 9. The molecule has 0 spiro atoms. The Kier molecular flexibility index (Phi) is 15.8. The maximum absolute atomic E-state index is 14.7. The van der Waals surface area contributed by atoms with E-state index >= 15 is 0 Å². The van der Waals surface area contributed by atoms with Gasteiger partial charge in [0.1, 0.15) is 62.4 Å². The minimum Gasteiger partial charge on any atom is -0.470 e. The van der Waals surface area contributed by atoms with Crippen molar-refractivity contribution in [3.05, 3.63) is 190 Å². The molecule has 0 atom stereocenters. The zero-order chi connectivity index (χ0) is 65.2. The summed E-state index contributed by atoms with van der Waals surface area (Å²) in [5, 5.41) is 25.9. The lowest BCUT2D eigenvalue weighted by atomic mass is 10.00. The topological polar surface area (TPSA) is 261 Å². The number of nitriles is 2. The van der Waals surface area contributed by atoms with Crippen molar-refractivity contribution in [2.45, 2.75) is 20.4 Å². The molecule has 0 saturated carbocycles. The number of nitrogens with zero attached hydrogens (tertiary/aromatic N) is 8. The van der Waals surface area contributed by atoms with Crippen molar-refractivity contribution in [3.63, 3.8) is 0 Å². The quantitative estimate of drug-likeness (QED) is 0.127. The van der Waals surface area contributed by atoms with Crippen molar-refractivity contribution in [1.82, 2.24) is 29.7 Å². The first kappa shape index (κ1) is 61.2. The summed E-state index contributed by atoms with van der Waals surface area (Å²) >= 11 is 5.92. The number of anilines is 2. The molecule has 0 saturated heterocycles. The molecule has 0 bridgehead atoms. The third-order valence-electron chi connectivity index (χ3n) is 15.9. The fraction of sp³-hybridized carbons (Fsp3) is 0.134. The molecular formula is C67H51ClF2N10O10S2. The second-order valence-corrected chi connectivity index (χ2v) is 25.9. The van der Waals surface area contributed by atoms with Crippen LogP contribution in [0.2, 0.25) is 5.15 Å². The van der Waals surface area contributed by atoms with Gasteiger partial charge in [-0.05, 0) is 134 Å². The first-order valence-electron chi connectivity index (χ1n) is 28.0. The van der Waals surface area contributed by atoms with Gasteiger partial charge >= 0.3 is 0 Å². The first-order chi connectivity index (χ1) is 44.0. The van der Waals surface area contributed by atoms with E-state index in [0.29, 0.717) is 129 Å². The molecule has 2 aliphatic heterocycles. The number of halogens is 3. The lowest BCUT2D eigenvalue weighted by Crippen LogP contribution is -2.25. The summed E-state index contributed by atoms with van der Waals surface area (Å²) < 4.78 is 108. The number of amides is 2. The van der Waals surface area contributed by atoms with Gasteiger partial charge < -0.3 is 38.1 Å². The molecule has 2 N–H and O–H groups in total. The molecule has 6 aromatic carbocycles. The summed E-state index contributed by atoms with van der Waals surface area (Å²) in [5.74, 6) is 0.432. The van der Waals surface area contributed by atoms with E-state index in [0.717, 1.165) is 28.0 Å². The van der Waals surface area contributed by atoms with Crippen molar-refractivity contribution >= 4 is 98.6 Å². The van der Waals surface area contributed by atoms with Crippen LogP contribution in [0.4, 0.5) is 20.2 Å². The van der Waals surface area contributed by atoms with Gasteiger partial charge in [-0.2, -0.15) is 10.5 Å². The third kappa shape index (κ3) is 11.0. The predicted molar refractivity (Wildman–Crippen MR) is 346 cm³/mol. The van der Waals surface area contributed by atoms with Crippen LogP contribution in [0.5, 0.6) is 11.5 Å². The molecular weight excluding hydrogens is 1240 g/mol. The normalized spacial score (nSPS) is 12.1. The van der Waals surface area contributed by atoms with Crippen LogP contribution in [-0.4, -0.2) is 88.5 Å². The molecule has 0 unspecified atom stereocenters. The fourth-order valence-electron chi connectivity index (χ4n) is 11.1. The zero-order valence-corrected chi connectivity index (χ0v) is 52.3. The van der Waals surface area contributed by atoms with Crippen molar-refractivity contribution in [2.75, 3.05) is 49.3 Å². The molecule has 25 heteroatoms. The van der Waals surface area contributed by atoms with Crippen LogP contribution in [0.15, 0.2) is 154 Å². The highest BCUT2D eigenvalue weighted by Gasteiger charge is 2.30. The average molecular weight is 1290 g/mol. The summed E-state index contributed by atoms with van der Waals surface area (Å²) in [5.41, 5.74) is 9.69. The highest BCUT2D eigenvalue weighted by Crippen LogP contribution is 2.45. The van der Waals surface area contributed by atoms with E-state index in [2.05, 4.69) is 21.7 Å². The summed E-state index contributed by atoms with van der Waals surface area (Å²) in [6.07, 6.45) is 2.21. The largest absolute Gasteiger partial charge is 0.470 e. The number of pyridine rings is 2. The van der Waals surface area contributed by atoms with E-state index in [-0.39, 0.29) is 46.9 Å². The lowest BCUT2D eigenvalue weighted by molar-refractivity contribution is 0.0956. The lowest BCUT2D eigenvalue weighted by Gasteiger charge is -2.23. The molecule has 14 rings (SSSR count). The summed E-state index contributed by atoms with van der Waals surface area (Å²) in [4.78, 5) is 35.0. The van der Waals surface area contributed by atoms with Gasteiger partial charge in [-0.3, -0.25) is 18.2 Å². The first-order valence-corrected chi connectivity index (χ1v) is 32.1. The standard InChI is InChI=1S/C33H24FN5O5S.C20H19N3O4S.C14H8ClFN2O/c1-36-33(40)30-22-13-21(24-11-12-28-31(37-24)27-14-20-23(34)5-4-6-25(20)39(27)17-43-28)26(38(2)45(3,41)42)15-29(22)44-32(30)19-9-7-18(16-35)8-10-19;1-12-9-15-17(10-16(12)23(3)28(4,25)26)27-19(18(15)20(24)22-2)14-7-5-13(11-21)6-8-14;15-13-5-4-12-14(17-13)11-6-8-9(16)2-1-3-10(8)18(11)7-19-12/h4-15H,17H2,1-3H3,(H,36,40);5-10H,1-4H3,(H,22,24);1-6H,7H2. The Bertz CT molecular complexity index is 5380. The Morgan fingerprint density at radius 1 is 0.587 bits per heavy atom. The predicted octanol–water partition coefficient (Wildman–Crippen LogP) is 12.8. The van der Waals surface area contributed by atoms with Crippen LogP contribution in [0.1, 0.15) is 37.4 Å². The van der Waals surface area contributed by atoms with E-state index in [1.54, 1.807) is 134 Å². The molecule has 92 heavy (non-hydrogen) atoms. The minimum atomic E-state index is -3.74. The number of aryl methyl sites for hydroxylation is 1. The van der Waals surface area contributed by atoms with E-state index in [9.17, 15) is 40.5 Å². The molecule has 0 fully saturated rings. The summed E-state index contributed by atoms with van der Waals surface area (Å²) in [6.45, 7) is 2.30. The molecule has 462 valence electrons. The van der Waals surface area contributed by atoms with Gasteiger partial charge in [0.05, 0.1) is 86.4 Å². The maximum Gasteiger partial charge on any atom is 0.255 e. The molecule has 20 nitrogen and oxygen atoms in total. The summed E-state index contributed by atoms with van der Waals surface area (Å²) in [7, 11) is -1.27. The monoisotopic (exact) mass is 1290 g/mol. The third-order valence-corrected chi connectivity index (χ3v) is 18.5. The number of ether oxygens (including phenoxy) is 2. The van der Waals surface area contributed by atoms with Crippen LogP contribution >= 0.6 is 11.6 Å². The number of benzene rings is 6. The molecule has 2 amide bonds. The molecule has 0 radical (unpaired) electrons. The van der Waals surface area contributed by atoms with Crippen LogP contribution in [0.25, 0.3) is 100 Å². The van der Waals surface area contributed by atoms with E-state index in [1.807, 2.05) is 21.3 Å². The minimum absolute atomic E-state index is 0.174. The van der Waals surface area contributed by atoms with Crippen LogP contribution in [-0.2, 0) is 33.5 Å². The van der Waals surface area contributed by atoms with E-state index < -0.39 is 26.0 Å². The SMILES string of the molecule is CNC(=O)c1c(-c2ccc(C#N)cc2)oc2cc(N(C)S(C)(=O)=O)c(-c3ccc4c(n3)-c3cc5c(F)cccc5n3CO4)cc12.CNC(=O)c1c(-c2ccc(C#N)cc2)oc2cc(N(C)S(C)(=O)=O)c(C)cc12.Fc1cccc2c1cc1n2COc2ccc(Cl)nc2-1. The Hall–Kier alpha value is -11.1. The van der Waals surface area contributed by atoms with Crippen LogP contribution in [0, 0.1) is 41.2 Å². The number of hydrogen-bond donors (Lipinski definition) is 2. The van der Waals surface area contributed by atoms with Gasteiger partial charge in [0.15, 0.2) is 13.5 Å². The number of hydrogen-bond acceptors (Lipinski definition) is 14. The second-order valence-electron chi connectivity index (χ2n) is 21.4. The van der Waals surface area contributed by atoms with Crippen molar-refractivity contribution < 1.29 is 53.5 Å². The van der Waals surface area contributed by atoms with Crippen LogP contribution in [0.3, 0.4) is 0 Å². The maximum atomic E-state index is 14.7. The number of nitrogens with one attached hydrogen (secondary N) is 2. The van der Waals surface area contributed by atoms with Gasteiger partial charge in [0, 0.05) is 78.6 Å². The smallest absolute Gasteiger partial charge is 0.255 e. The number of carbonyl (C=O) groups is 2. The molecule has 0 aliphatic carbocycles. The molecule has 2 aliphatic rings. The van der Waals surface area contributed by atoms with E-state index in [1.165, 1.54) is 44.6 Å². The van der Waals surface area contributed by atoms with Crippen molar-refractivity contribution in [1.29, 1.82) is 10.5 Å². The zero-order valence-electron chi connectivity index (χ0n) is 49.9. The number of sulfonamides is 2. The van der Waals surface area contributed by atoms with Gasteiger partial charge in [-0.1, -0.05) is 23.7 Å². The second kappa shape index (κ2) is 23.7. The summed E-state index contributed by atoms with van der Waals surface area (Å²) in [6, 6.07) is 44.3.